The van der Waals surface area contributed by atoms with E-state index in [0.29, 0.717) is 5.57 Å². The average Bonchev–Trinajstić information content (AvgIpc) is 2.59. The third kappa shape index (κ3) is 3.47. The molecule has 0 bridgehead atoms. The van der Waals surface area contributed by atoms with E-state index in [1.165, 1.54) is 0 Å². The zero-order valence-corrected chi connectivity index (χ0v) is 14.5. The lowest BCUT2D eigenvalue weighted by Gasteiger charge is -2.30. The van der Waals surface area contributed by atoms with Gasteiger partial charge in [-0.2, -0.15) is 0 Å². The normalized spacial score (nSPS) is 18.4. The molecule has 2 aliphatic heterocycles. The number of carbonyl (C=O) groups excluding carboxylic acids is 2. The number of rotatable bonds is 4. The van der Waals surface area contributed by atoms with Crippen LogP contribution in [-0.4, -0.2) is 16.8 Å². The van der Waals surface area contributed by atoms with Gasteiger partial charge in [0.25, 0.3) is 0 Å². The van der Waals surface area contributed by atoms with Crippen LogP contribution >= 0.6 is 0 Å². The zero-order valence-electron chi connectivity index (χ0n) is 14.5. The first-order valence-corrected chi connectivity index (χ1v) is 8.20. The van der Waals surface area contributed by atoms with E-state index < -0.39 is 0 Å². The average molecular weight is 337 g/mol. The highest BCUT2D eigenvalue weighted by Crippen LogP contribution is 2.33. The molecule has 3 N–H and O–H groups in total. The van der Waals surface area contributed by atoms with Gasteiger partial charge in [-0.3, -0.25) is 14.6 Å². The van der Waals surface area contributed by atoms with Crippen molar-refractivity contribution < 1.29 is 9.59 Å². The largest absolute Gasteiger partial charge is 0.365 e. The van der Waals surface area contributed by atoms with Crippen molar-refractivity contribution in [2.75, 3.05) is 0 Å². The van der Waals surface area contributed by atoms with Gasteiger partial charge in [-0.15, -0.1) is 0 Å². The predicted octanol–water partition coefficient (Wildman–Crippen LogP) is 2.02. The number of fused-ring (bicyclic) bond motifs is 1. The Morgan fingerprint density at radius 1 is 1.32 bits per heavy atom. The first-order valence-electron chi connectivity index (χ1n) is 8.20. The molecule has 129 valence electrons. The Balaban J connectivity index is 1.76. The van der Waals surface area contributed by atoms with Crippen LogP contribution in [0, 0.1) is 6.04 Å². The van der Waals surface area contributed by atoms with Crippen molar-refractivity contribution in [2.24, 2.45) is 0 Å². The molecule has 6 heteroatoms. The number of nitrogens with one attached hydrogen (secondary N) is 3. The van der Waals surface area contributed by atoms with Gasteiger partial charge in [0.1, 0.15) is 6.04 Å². The molecule has 1 aromatic rings. The Kier molecular flexibility index (Phi) is 4.70. The van der Waals surface area contributed by atoms with Gasteiger partial charge >= 0.3 is 0 Å². The van der Waals surface area contributed by atoms with Gasteiger partial charge in [0, 0.05) is 23.0 Å². The maximum absolute atomic E-state index is 12.4. The minimum atomic E-state index is -0.226. The Labute approximate surface area is 147 Å². The molecule has 0 aliphatic carbocycles. The highest BCUT2D eigenvalue weighted by Gasteiger charge is 2.32. The number of hydrogen-bond donors (Lipinski definition) is 3. The monoisotopic (exact) mass is 337 g/mol. The summed E-state index contributed by atoms with van der Waals surface area (Å²) in [5, 5.41) is 8.90. The van der Waals surface area contributed by atoms with E-state index in [1.54, 1.807) is 12.4 Å². The molecule has 0 aromatic carbocycles. The molecule has 0 saturated carbocycles. The van der Waals surface area contributed by atoms with E-state index in [-0.39, 0.29) is 24.3 Å². The number of pyridine rings is 1. The number of amides is 2. The lowest BCUT2D eigenvalue weighted by Crippen LogP contribution is -2.39. The van der Waals surface area contributed by atoms with E-state index >= 15 is 0 Å². The molecular formula is C19H21N4O2. The Morgan fingerprint density at radius 2 is 2.12 bits per heavy atom. The fourth-order valence-corrected chi connectivity index (χ4v) is 3.09. The van der Waals surface area contributed by atoms with Crippen molar-refractivity contribution in [1.29, 1.82) is 0 Å². The molecule has 1 radical (unpaired) electrons. The van der Waals surface area contributed by atoms with Crippen LogP contribution in [0.4, 0.5) is 0 Å². The highest BCUT2D eigenvalue weighted by molar-refractivity contribution is 6.03. The number of nitrogens with zero attached hydrogens (tertiary/aromatic N) is 1. The van der Waals surface area contributed by atoms with Crippen LogP contribution in [0.5, 0.6) is 0 Å². The van der Waals surface area contributed by atoms with Crippen molar-refractivity contribution in [1.82, 2.24) is 20.9 Å². The summed E-state index contributed by atoms with van der Waals surface area (Å²) in [4.78, 5) is 29.1. The van der Waals surface area contributed by atoms with Crippen LogP contribution in [0.3, 0.4) is 0 Å². The van der Waals surface area contributed by atoms with Crippen molar-refractivity contribution in [2.45, 2.75) is 33.2 Å². The molecule has 2 aliphatic rings. The maximum atomic E-state index is 12.4. The molecule has 6 nitrogen and oxygen atoms in total. The van der Waals surface area contributed by atoms with E-state index in [9.17, 15) is 9.59 Å². The van der Waals surface area contributed by atoms with E-state index in [4.69, 9.17) is 0 Å². The first kappa shape index (κ1) is 17.0. The van der Waals surface area contributed by atoms with E-state index in [0.717, 1.165) is 28.6 Å². The minimum absolute atomic E-state index is 0.0304. The summed E-state index contributed by atoms with van der Waals surface area (Å²) in [7, 11) is 0. The van der Waals surface area contributed by atoms with Gasteiger partial charge in [-0.1, -0.05) is 6.07 Å². The summed E-state index contributed by atoms with van der Waals surface area (Å²) < 4.78 is 0. The van der Waals surface area contributed by atoms with Crippen molar-refractivity contribution in [3.05, 3.63) is 70.8 Å². The minimum Gasteiger partial charge on any atom is -0.365 e. The maximum Gasteiger partial charge on any atom is 0.249 e. The fraction of sp³-hybridized carbons (Fsp3) is 0.263. The molecule has 0 saturated heterocycles. The molecule has 2 amide bonds. The number of allylic oxidation sites excluding steroid dienone is 1. The second-order valence-electron chi connectivity index (χ2n) is 6.17. The zero-order chi connectivity index (χ0) is 18.0. The molecule has 0 spiro atoms. The molecule has 3 heterocycles. The summed E-state index contributed by atoms with van der Waals surface area (Å²) >= 11 is 0. The number of hydrogen-bond acceptors (Lipinski definition) is 4. The van der Waals surface area contributed by atoms with Gasteiger partial charge in [0.2, 0.25) is 11.8 Å². The van der Waals surface area contributed by atoms with Gasteiger partial charge in [-0.25, -0.2) is 0 Å². The third-order valence-corrected chi connectivity index (χ3v) is 4.39. The summed E-state index contributed by atoms with van der Waals surface area (Å²) in [5.41, 5.74) is 4.00. The second-order valence-corrected chi connectivity index (χ2v) is 6.17. The second kappa shape index (κ2) is 6.93. The Hall–Kier alpha value is -2.89. The van der Waals surface area contributed by atoms with Crippen LogP contribution in [-0.2, 0) is 9.59 Å². The van der Waals surface area contributed by atoms with Crippen LogP contribution in [0.1, 0.15) is 38.9 Å². The lowest BCUT2D eigenvalue weighted by molar-refractivity contribution is -0.123. The lowest BCUT2D eigenvalue weighted by atomic mass is 9.87. The van der Waals surface area contributed by atoms with Gasteiger partial charge in [0.15, 0.2) is 0 Å². The van der Waals surface area contributed by atoms with Crippen LogP contribution in [0.15, 0.2) is 59.1 Å². The summed E-state index contributed by atoms with van der Waals surface area (Å²) in [6.07, 6.45) is 5.33. The topological polar surface area (TPSA) is 83.1 Å². The SMILES string of the molecule is CC1=C2[C](C=CN1)NC(=O)C(CC(=O)N[C@@H](C)c1ccccn1)=C2C. The quantitative estimate of drug-likeness (QED) is 0.785. The predicted molar refractivity (Wildman–Crippen MR) is 94.5 cm³/mol. The molecule has 3 rings (SSSR count). The summed E-state index contributed by atoms with van der Waals surface area (Å²) in [6.45, 7) is 5.70. The number of dihydropyridines is 1. The number of carbonyl (C=O) groups is 2. The van der Waals surface area contributed by atoms with Gasteiger partial charge < -0.3 is 16.0 Å². The smallest absolute Gasteiger partial charge is 0.249 e. The standard InChI is InChI=1S/C19H21N4O2/c1-11-14(19(25)23-16-7-9-20-13(3)18(11)16)10-17(24)22-12(2)15-6-4-5-8-21-15/h4-9,12,20H,10H2,1-3H3,(H,22,24)(H,23,25)/t12-/m0/s1. The molecule has 0 fully saturated rings. The Bertz CT molecular complexity index is 793. The van der Waals surface area contributed by atoms with Crippen molar-refractivity contribution in [3.63, 3.8) is 0 Å². The first-order chi connectivity index (χ1) is 12.0. The van der Waals surface area contributed by atoms with Crippen molar-refractivity contribution in [3.8, 4) is 0 Å². The summed E-state index contributed by atoms with van der Waals surface area (Å²) in [6, 6.07) is 6.11. The van der Waals surface area contributed by atoms with Crippen LogP contribution in [0.25, 0.3) is 0 Å². The van der Waals surface area contributed by atoms with Gasteiger partial charge in [-0.05, 0) is 50.8 Å². The third-order valence-electron chi connectivity index (χ3n) is 4.39. The van der Waals surface area contributed by atoms with Crippen molar-refractivity contribution >= 4 is 11.8 Å². The molecule has 1 aromatic heterocycles. The highest BCUT2D eigenvalue weighted by atomic mass is 16.2. The molecule has 25 heavy (non-hydrogen) atoms. The van der Waals surface area contributed by atoms with Gasteiger partial charge in [0.05, 0.1) is 18.2 Å². The Morgan fingerprint density at radius 3 is 2.84 bits per heavy atom. The number of aromatic nitrogens is 1. The summed E-state index contributed by atoms with van der Waals surface area (Å²) in [5.74, 6) is -0.431. The fourth-order valence-electron chi connectivity index (χ4n) is 3.09. The molecular weight excluding hydrogens is 316 g/mol. The van der Waals surface area contributed by atoms with Crippen LogP contribution in [0.2, 0.25) is 0 Å². The molecule has 0 unspecified atom stereocenters. The van der Waals surface area contributed by atoms with E-state index in [1.807, 2.05) is 45.0 Å². The van der Waals surface area contributed by atoms with E-state index in [2.05, 4.69) is 20.9 Å². The molecule has 1 atom stereocenters. The van der Waals surface area contributed by atoms with Crippen LogP contribution < -0.4 is 16.0 Å².